The normalized spacial score (nSPS) is 18.0. The van der Waals surface area contributed by atoms with Crippen molar-refractivity contribution in [3.8, 4) is 0 Å². The van der Waals surface area contributed by atoms with E-state index in [-0.39, 0.29) is 11.8 Å². The fraction of sp³-hybridized carbons (Fsp3) is 0.235. The number of nitrogens with one attached hydrogen (secondary N) is 1. The van der Waals surface area contributed by atoms with Crippen LogP contribution in [0.1, 0.15) is 6.42 Å². The number of nitrogens with two attached hydrogens (primary N) is 1. The van der Waals surface area contributed by atoms with E-state index in [0.717, 1.165) is 17.1 Å². The lowest BCUT2D eigenvalue weighted by molar-refractivity contribution is -0.117. The minimum absolute atomic E-state index is 0.146. The van der Waals surface area contributed by atoms with Gasteiger partial charge in [0.05, 0.1) is 11.4 Å². The second-order valence-corrected chi connectivity index (χ2v) is 5.32. The topological polar surface area (TPSA) is 58.4 Å². The zero-order chi connectivity index (χ0) is 14.7. The first-order valence-electron chi connectivity index (χ1n) is 7.19. The van der Waals surface area contributed by atoms with Crippen molar-refractivity contribution in [2.75, 3.05) is 23.3 Å². The van der Waals surface area contributed by atoms with Gasteiger partial charge in [0.25, 0.3) is 0 Å². The standard InChI is InChI=1S/C17H19N3O/c18-11-13-10-17(21)20(12-13)16-9-5-4-8-15(16)19-14-6-2-1-3-7-14/h1-9,13,19H,10-12,18H2. The highest BCUT2D eigenvalue weighted by Crippen LogP contribution is 2.32. The third-order valence-corrected chi connectivity index (χ3v) is 3.79. The van der Waals surface area contributed by atoms with Gasteiger partial charge in [-0.05, 0) is 36.7 Å². The highest BCUT2D eigenvalue weighted by molar-refractivity contribution is 5.99. The Kier molecular flexibility index (Phi) is 3.88. The molecule has 1 atom stereocenters. The fourth-order valence-electron chi connectivity index (χ4n) is 2.66. The molecule has 0 bridgehead atoms. The number of carbonyl (C=O) groups is 1. The summed E-state index contributed by atoms with van der Waals surface area (Å²) in [4.78, 5) is 14.0. The van der Waals surface area contributed by atoms with E-state index in [2.05, 4.69) is 5.32 Å². The first-order chi connectivity index (χ1) is 10.3. The summed E-state index contributed by atoms with van der Waals surface area (Å²) in [5, 5.41) is 3.38. The average Bonchev–Trinajstić information content (AvgIpc) is 2.90. The Hall–Kier alpha value is -2.33. The largest absolute Gasteiger partial charge is 0.354 e. The Labute approximate surface area is 124 Å². The van der Waals surface area contributed by atoms with Crippen LogP contribution in [-0.2, 0) is 4.79 Å². The van der Waals surface area contributed by atoms with Gasteiger partial charge in [0, 0.05) is 18.7 Å². The van der Waals surface area contributed by atoms with E-state index in [1.54, 1.807) is 0 Å². The zero-order valence-electron chi connectivity index (χ0n) is 11.8. The lowest BCUT2D eigenvalue weighted by Gasteiger charge is -2.21. The van der Waals surface area contributed by atoms with Crippen molar-refractivity contribution >= 4 is 23.0 Å². The molecular weight excluding hydrogens is 262 g/mol. The van der Waals surface area contributed by atoms with E-state index in [0.29, 0.717) is 19.5 Å². The summed E-state index contributed by atoms with van der Waals surface area (Å²) in [6.07, 6.45) is 0.538. The van der Waals surface area contributed by atoms with Gasteiger partial charge in [0.15, 0.2) is 0 Å². The maximum absolute atomic E-state index is 12.2. The van der Waals surface area contributed by atoms with E-state index >= 15 is 0 Å². The van der Waals surface area contributed by atoms with E-state index in [4.69, 9.17) is 5.73 Å². The number of carbonyl (C=O) groups excluding carboxylic acids is 1. The maximum Gasteiger partial charge on any atom is 0.227 e. The average molecular weight is 281 g/mol. The van der Waals surface area contributed by atoms with Gasteiger partial charge in [-0.25, -0.2) is 0 Å². The van der Waals surface area contributed by atoms with Crippen molar-refractivity contribution in [2.24, 2.45) is 11.7 Å². The van der Waals surface area contributed by atoms with Crippen molar-refractivity contribution in [1.29, 1.82) is 0 Å². The van der Waals surface area contributed by atoms with Gasteiger partial charge in [-0.15, -0.1) is 0 Å². The number of rotatable bonds is 4. The molecule has 0 saturated carbocycles. The molecule has 4 nitrogen and oxygen atoms in total. The Morgan fingerprint density at radius 3 is 2.52 bits per heavy atom. The summed E-state index contributed by atoms with van der Waals surface area (Å²) in [7, 11) is 0. The second-order valence-electron chi connectivity index (χ2n) is 5.32. The van der Waals surface area contributed by atoms with Crippen LogP contribution in [0.2, 0.25) is 0 Å². The van der Waals surface area contributed by atoms with Crippen LogP contribution in [0.15, 0.2) is 54.6 Å². The molecule has 1 aliphatic heterocycles. The lowest BCUT2D eigenvalue weighted by Crippen LogP contribution is -2.26. The third-order valence-electron chi connectivity index (χ3n) is 3.79. The highest BCUT2D eigenvalue weighted by Gasteiger charge is 2.30. The van der Waals surface area contributed by atoms with Gasteiger partial charge < -0.3 is 16.0 Å². The zero-order valence-corrected chi connectivity index (χ0v) is 11.8. The van der Waals surface area contributed by atoms with Crippen LogP contribution in [-0.4, -0.2) is 19.0 Å². The number of hydrogen-bond acceptors (Lipinski definition) is 3. The Morgan fingerprint density at radius 1 is 1.10 bits per heavy atom. The van der Waals surface area contributed by atoms with Crippen LogP contribution < -0.4 is 16.0 Å². The molecule has 108 valence electrons. The van der Waals surface area contributed by atoms with Crippen molar-refractivity contribution in [1.82, 2.24) is 0 Å². The molecule has 4 heteroatoms. The summed E-state index contributed by atoms with van der Waals surface area (Å²) in [6, 6.07) is 17.8. The molecule has 3 rings (SSSR count). The molecule has 0 spiro atoms. The first-order valence-corrected chi connectivity index (χ1v) is 7.19. The Morgan fingerprint density at radius 2 is 1.81 bits per heavy atom. The number of anilines is 3. The predicted molar refractivity (Wildman–Crippen MR) is 85.7 cm³/mol. The maximum atomic E-state index is 12.2. The lowest BCUT2D eigenvalue weighted by atomic mass is 10.1. The summed E-state index contributed by atoms with van der Waals surface area (Å²) in [5.41, 5.74) is 8.57. The minimum Gasteiger partial charge on any atom is -0.354 e. The van der Waals surface area contributed by atoms with E-state index < -0.39 is 0 Å². The fourth-order valence-corrected chi connectivity index (χ4v) is 2.66. The molecule has 2 aromatic rings. The molecule has 1 saturated heterocycles. The number of benzene rings is 2. The molecule has 0 radical (unpaired) electrons. The van der Waals surface area contributed by atoms with Gasteiger partial charge in [-0.1, -0.05) is 30.3 Å². The van der Waals surface area contributed by atoms with Crippen molar-refractivity contribution in [2.45, 2.75) is 6.42 Å². The molecule has 0 aromatic heterocycles. The van der Waals surface area contributed by atoms with Crippen LogP contribution >= 0.6 is 0 Å². The molecule has 1 heterocycles. The smallest absolute Gasteiger partial charge is 0.227 e. The SMILES string of the molecule is NCC1CC(=O)N(c2ccccc2Nc2ccccc2)C1. The number of hydrogen-bond donors (Lipinski definition) is 2. The third kappa shape index (κ3) is 2.90. The van der Waals surface area contributed by atoms with Crippen molar-refractivity contribution < 1.29 is 4.79 Å². The van der Waals surface area contributed by atoms with Gasteiger partial charge in [0.2, 0.25) is 5.91 Å². The number of para-hydroxylation sites is 3. The number of amides is 1. The summed E-state index contributed by atoms with van der Waals surface area (Å²) in [6.45, 7) is 1.25. The molecule has 3 N–H and O–H groups in total. The molecule has 0 aliphatic carbocycles. The molecule has 1 unspecified atom stereocenters. The van der Waals surface area contributed by atoms with Gasteiger partial charge >= 0.3 is 0 Å². The van der Waals surface area contributed by atoms with E-state index in [9.17, 15) is 4.79 Å². The molecule has 2 aromatic carbocycles. The summed E-state index contributed by atoms with van der Waals surface area (Å²) >= 11 is 0. The van der Waals surface area contributed by atoms with Gasteiger partial charge in [-0.3, -0.25) is 4.79 Å². The van der Waals surface area contributed by atoms with Crippen molar-refractivity contribution in [3.63, 3.8) is 0 Å². The molecule has 1 aliphatic rings. The van der Waals surface area contributed by atoms with Crippen LogP contribution in [0.3, 0.4) is 0 Å². The Balaban J connectivity index is 1.88. The van der Waals surface area contributed by atoms with E-state index in [1.165, 1.54) is 0 Å². The molecule has 21 heavy (non-hydrogen) atoms. The molecule has 1 amide bonds. The van der Waals surface area contributed by atoms with Crippen LogP contribution in [0.4, 0.5) is 17.1 Å². The summed E-state index contributed by atoms with van der Waals surface area (Å²) < 4.78 is 0. The molecule has 1 fully saturated rings. The second kappa shape index (κ2) is 5.97. The minimum atomic E-state index is 0.146. The highest BCUT2D eigenvalue weighted by atomic mass is 16.2. The van der Waals surface area contributed by atoms with Gasteiger partial charge in [-0.2, -0.15) is 0 Å². The van der Waals surface area contributed by atoms with Gasteiger partial charge in [0.1, 0.15) is 0 Å². The van der Waals surface area contributed by atoms with Crippen LogP contribution in [0.25, 0.3) is 0 Å². The molecular formula is C17H19N3O. The van der Waals surface area contributed by atoms with Crippen LogP contribution in [0, 0.1) is 5.92 Å². The van der Waals surface area contributed by atoms with E-state index in [1.807, 2.05) is 59.5 Å². The predicted octanol–water partition coefficient (Wildman–Crippen LogP) is 2.74. The first kappa shape index (κ1) is 13.6. The van der Waals surface area contributed by atoms with Crippen LogP contribution in [0.5, 0.6) is 0 Å². The number of nitrogens with zero attached hydrogens (tertiary/aromatic N) is 1. The quantitative estimate of drug-likeness (QED) is 0.906. The van der Waals surface area contributed by atoms with Crippen molar-refractivity contribution in [3.05, 3.63) is 54.6 Å². The summed E-state index contributed by atoms with van der Waals surface area (Å²) in [5.74, 6) is 0.398. The Bertz CT molecular complexity index is 627. The monoisotopic (exact) mass is 281 g/mol.